The van der Waals surface area contributed by atoms with Crippen molar-refractivity contribution in [1.29, 1.82) is 0 Å². The Morgan fingerprint density at radius 1 is 0.800 bits per heavy atom. The molecule has 0 atom stereocenters. The summed E-state index contributed by atoms with van der Waals surface area (Å²) < 4.78 is 2.49. The van der Waals surface area contributed by atoms with Gasteiger partial charge in [0, 0.05) is 17.3 Å². The molecule has 1 aromatic heterocycles. The Morgan fingerprint density at radius 3 is 2.10 bits per heavy atom. The second-order valence-corrected chi connectivity index (χ2v) is 5.94. The second-order valence-electron chi connectivity index (χ2n) is 5.94. The maximum Gasteiger partial charge on any atom is 0.0526 e. The molecular formula is C19H23N. The predicted molar refractivity (Wildman–Crippen MR) is 88.8 cm³/mol. The van der Waals surface area contributed by atoms with E-state index in [2.05, 4.69) is 64.3 Å². The molecule has 1 nitrogen and oxygen atoms in total. The van der Waals surface area contributed by atoms with Crippen LogP contribution in [0.5, 0.6) is 0 Å². The highest BCUT2D eigenvalue weighted by Gasteiger charge is 2.18. The zero-order valence-electron chi connectivity index (χ0n) is 13.4. The third kappa shape index (κ3) is 1.49. The maximum absolute atomic E-state index is 2.49. The molecule has 0 N–H and O–H groups in total. The van der Waals surface area contributed by atoms with Gasteiger partial charge in [0.05, 0.1) is 11.0 Å². The van der Waals surface area contributed by atoms with Crippen molar-refractivity contribution >= 4 is 21.8 Å². The number of aromatic nitrogens is 1. The Kier molecular flexibility index (Phi) is 2.89. The molecule has 0 bridgehead atoms. The Hall–Kier alpha value is -1.76. The van der Waals surface area contributed by atoms with Gasteiger partial charge in [0.25, 0.3) is 0 Å². The SMILES string of the molecule is CCn1c2c(C)cccc2c2c(C)c(C)c(C)c(C)c21. The van der Waals surface area contributed by atoms with Gasteiger partial charge in [-0.05, 0) is 69.4 Å². The van der Waals surface area contributed by atoms with Gasteiger partial charge >= 0.3 is 0 Å². The molecule has 0 saturated heterocycles. The van der Waals surface area contributed by atoms with E-state index in [9.17, 15) is 0 Å². The van der Waals surface area contributed by atoms with Crippen molar-refractivity contribution in [2.75, 3.05) is 0 Å². The number of hydrogen-bond acceptors (Lipinski definition) is 0. The van der Waals surface area contributed by atoms with Crippen LogP contribution in [-0.4, -0.2) is 4.57 Å². The summed E-state index contributed by atoms with van der Waals surface area (Å²) in [4.78, 5) is 0. The van der Waals surface area contributed by atoms with E-state index < -0.39 is 0 Å². The summed E-state index contributed by atoms with van der Waals surface area (Å²) in [5.41, 5.74) is 9.94. The lowest BCUT2D eigenvalue weighted by molar-refractivity contribution is 0.821. The Labute approximate surface area is 121 Å². The fourth-order valence-electron chi connectivity index (χ4n) is 3.61. The van der Waals surface area contributed by atoms with Crippen LogP contribution in [0.2, 0.25) is 0 Å². The van der Waals surface area contributed by atoms with Gasteiger partial charge in [0.2, 0.25) is 0 Å². The van der Waals surface area contributed by atoms with Gasteiger partial charge in [0.1, 0.15) is 0 Å². The molecule has 1 heterocycles. The Morgan fingerprint density at radius 2 is 1.45 bits per heavy atom. The zero-order valence-corrected chi connectivity index (χ0v) is 13.4. The molecule has 104 valence electrons. The lowest BCUT2D eigenvalue weighted by Crippen LogP contribution is -1.99. The molecule has 1 heteroatoms. The second kappa shape index (κ2) is 4.37. The molecule has 2 aromatic carbocycles. The fraction of sp³-hybridized carbons (Fsp3) is 0.368. The summed E-state index contributed by atoms with van der Waals surface area (Å²) in [5.74, 6) is 0. The molecule has 20 heavy (non-hydrogen) atoms. The summed E-state index contributed by atoms with van der Waals surface area (Å²) in [5, 5.41) is 2.86. The summed E-state index contributed by atoms with van der Waals surface area (Å²) >= 11 is 0. The molecule has 0 fully saturated rings. The van der Waals surface area contributed by atoms with Crippen LogP contribution in [-0.2, 0) is 6.54 Å². The number of benzene rings is 2. The topological polar surface area (TPSA) is 4.93 Å². The van der Waals surface area contributed by atoms with Crippen LogP contribution >= 0.6 is 0 Å². The van der Waals surface area contributed by atoms with Crippen LogP contribution in [0, 0.1) is 34.6 Å². The Bertz CT molecular complexity index is 834. The van der Waals surface area contributed by atoms with Crippen LogP contribution in [0.4, 0.5) is 0 Å². The van der Waals surface area contributed by atoms with Crippen molar-refractivity contribution in [1.82, 2.24) is 4.57 Å². The standard InChI is InChI=1S/C19H23N/c1-7-20-18-11(2)9-8-10-16(18)17-14(5)12(3)13(4)15(6)19(17)20/h8-10H,7H2,1-6H3. The number of para-hydroxylation sites is 1. The van der Waals surface area contributed by atoms with Gasteiger partial charge in [-0.2, -0.15) is 0 Å². The van der Waals surface area contributed by atoms with Crippen LogP contribution in [0.3, 0.4) is 0 Å². The largest absolute Gasteiger partial charge is 0.340 e. The van der Waals surface area contributed by atoms with Crippen molar-refractivity contribution in [2.45, 2.75) is 48.1 Å². The summed E-state index contributed by atoms with van der Waals surface area (Å²) in [7, 11) is 0. The van der Waals surface area contributed by atoms with Crippen molar-refractivity contribution in [2.24, 2.45) is 0 Å². The smallest absolute Gasteiger partial charge is 0.0526 e. The van der Waals surface area contributed by atoms with E-state index in [0.717, 1.165) is 6.54 Å². The minimum absolute atomic E-state index is 1.02. The lowest BCUT2D eigenvalue weighted by atomic mass is 9.94. The molecule has 0 amide bonds. The van der Waals surface area contributed by atoms with Crippen LogP contribution in [0.1, 0.15) is 34.7 Å². The van der Waals surface area contributed by atoms with E-state index in [1.54, 1.807) is 0 Å². The molecular weight excluding hydrogens is 242 g/mol. The average Bonchev–Trinajstić information content (AvgIpc) is 2.78. The van der Waals surface area contributed by atoms with Crippen molar-refractivity contribution in [3.63, 3.8) is 0 Å². The van der Waals surface area contributed by atoms with Gasteiger partial charge in [-0.25, -0.2) is 0 Å². The van der Waals surface area contributed by atoms with Gasteiger partial charge in [-0.3, -0.25) is 0 Å². The monoisotopic (exact) mass is 265 g/mol. The van der Waals surface area contributed by atoms with Gasteiger partial charge < -0.3 is 4.57 Å². The van der Waals surface area contributed by atoms with Gasteiger partial charge in [-0.15, -0.1) is 0 Å². The summed E-state index contributed by atoms with van der Waals surface area (Å²) in [6.45, 7) is 14.5. The third-order valence-electron chi connectivity index (χ3n) is 5.02. The van der Waals surface area contributed by atoms with E-state index in [1.165, 1.54) is 49.6 Å². The molecule has 0 unspecified atom stereocenters. The first-order valence-corrected chi connectivity index (χ1v) is 7.46. The minimum atomic E-state index is 1.02. The molecule has 0 saturated carbocycles. The fourth-order valence-corrected chi connectivity index (χ4v) is 3.61. The van der Waals surface area contributed by atoms with Crippen molar-refractivity contribution in [3.05, 3.63) is 46.0 Å². The molecule has 3 rings (SSSR count). The van der Waals surface area contributed by atoms with E-state index in [-0.39, 0.29) is 0 Å². The van der Waals surface area contributed by atoms with Gasteiger partial charge in [0.15, 0.2) is 0 Å². The molecule has 0 aliphatic carbocycles. The highest BCUT2D eigenvalue weighted by Crippen LogP contribution is 2.37. The predicted octanol–water partition coefficient (Wildman–Crippen LogP) is 5.36. The van der Waals surface area contributed by atoms with Crippen LogP contribution in [0.25, 0.3) is 21.8 Å². The number of rotatable bonds is 1. The highest BCUT2D eigenvalue weighted by molar-refractivity contribution is 6.12. The first-order chi connectivity index (χ1) is 9.49. The van der Waals surface area contributed by atoms with E-state index >= 15 is 0 Å². The van der Waals surface area contributed by atoms with E-state index in [4.69, 9.17) is 0 Å². The normalized spacial score (nSPS) is 11.7. The number of nitrogens with zero attached hydrogens (tertiary/aromatic N) is 1. The first-order valence-electron chi connectivity index (χ1n) is 7.46. The average molecular weight is 265 g/mol. The van der Waals surface area contributed by atoms with Crippen LogP contribution < -0.4 is 0 Å². The highest BCUT2D eigenvalue weighted by atomic mass is 15.0. The van der Waals surface area contributed by atoms with Crippen molar-refractivity contribution in [3.8, 4) is 0 Å². The van der Waals surface area contributed by atoms with E-state index in [0.29, 0.717) is 0 Å². The molecule has 3 aromatic rings. The molecule has 0 aliphatic rings. The summed E-state index contributed by atoms with van der Waals surface area (Å²) in [6, 6.07) is 6.68. The number of aryl methyl sites for hydroxylation is 4. The third-order valence-corrected chi connectivity index (χ3v) is 5.02. The molecule has 0 radical (unpaired) electrons. The minimum Gasteiger partial charge on any atom is -0.340 e. The number of fused-ring (bicyclic) bond motifs is 3. The Balaban J connectivity index is 2.74. The summed E-state index contributed by atoms with van der Waals surface area (Å²) in [6.07, 6.45) is 0. The van der Waals surface area contributed by atoms with Crippen molar-refractivity contribution < 1.29 is 0 Å². The first kappa shape index (κ1) is 13.2. The molecule has 0 aliphatic heterocycles. The number of hydrogen-bond donors (Lipinski definition) is 0. The lowest BCUT2D eigenvalue weighted by Gasteiger charge is -2.13. The molecule has 0 spiro atoms. The quantitative estimate of drug-likeness (QED) is 0.558. The maximum atomic E-state index is 2.49. The zero-order chi connectivity index (χ0) is 14.6. The van der Waals surface area contributed by atoms with Crippen LogP contribution in [0.15, 0.2) is 18.2 Å². The van der Waals surface area contributed by atoms with Gasteiger partial charge in [-0.1, -0.05) is 18.2 Å². The van der Waals surface area contributed by atoms with E-state index in [1.807, 2.05) is 0 Å².